The fraction of sp³-hybridized carbons (Fsp3) is 0.733. The third-order valence-electron chi connectivity index (χ3n) is 3.65. The van der Waals surface area contributed by atoms with Crippen LogP contribution in [0.3, 0.4) is 0 Å². The largest absolute Gasteiger partial charge is 0.309 e. The summed E-state index contributed by atoms with van der Waals surface area (Å²) in [5.41, 5.74) is 0.354. The molecule has 2 atom stereocenters. The molecule has 0 aliphatic carbocycles. The summed E-state index contributed by atoms with van der Waals surface area (Å²) >= 11 is 7.76. The summed E-state index contributed by atoms with van der Waals surface area (Å²) in [5.74, 6) is 0.674. The van der Waals surface area contributed by atoms with Crippen LogP contribution in [-0.4, -0.2) is 6.54 Å². The van der Waals surface area contributed by atoms with Gasteiger partial charge in [0.25, 0.3) is 0 Å². The molecule has 0 fully saturated rings. The number of halogens is 1. The first-order valence-corrected chi connectivity index (χ1v) is 8.02. The van der Waals surface area contributed by atoms with E-state index in [-0.39, 0.29) is 0 Å². The molecule has 104 valence electrons. The van der Waals surface area contributed by atoms with Crippen molar-refractivity contribution >= 4 is 22.9 Å². The second-order valence-corrected chi connectivity index (χ2v) is 7.90. The van der Waals surface area contributed by atoms with Gasteiger partial charge in [-0.2, -0.15) is 0 Å². The van der Waals surface area contributed by atoms with Gasteiger partial charge in [0.2, 0.25) is 0 Å². The van der Waals surface area contributed by atoms with Crippen molar-refractivity contribution in [3.63, 3.8) is 0 Å². The lowest BCUT2D eigenvalue weighted by atomic mass is 9.78. The molecule has 3 heteroatoms. The van der Waals surface area contributed by atoms with E-state index in [0.717, 1.165) is 10.9 Å². The van der Waals surface area contributed by atoms with Crippen molar-refractivity contribution in [1.82, 2.24) is 5.32 Å². The molecule has 1 nitrogen and oxygen atoms in total. The highest BCUT2D eigenvalue weighted by molar-refractivity contribution is 7.16. The maximum atomic E-state index is 6.06. The van der Waals surface area contributed by atoms with Crippen LogP contribution < -0.4 is 5.32 Å². The molecule has 1 rings (SSSR count). The first kappa shape index (κ1) is 16.0. The predicted octanol–water partition coefficient (Wildman–Crippen LogP) is 5.51. The molecule has 0 amide bonds. The summed E-state index contributed by atoms with van der Waals surface area (Å²) in [4.78, 5) is 1.37. The minimum atomic E-state index is 0.354. The molecule has 0 aliphatic rings. The van der Waals surface area contributed by atoms with Gasteiger partial charge < -0.3 is 5.32 Å². The van der Waals surface area contributed by atoms with Crippen LogP contribution in [0.2, 0.25) is 4.34 Å². The Hall–Kier alpha value is -0.0500. The highest BCUT2D eigenvalue weighted by atomic mass is 35.5. The summed E-state index contributed by atoms with van der Waals surface area (Å²) in [6, 6.07) is 4.61. The number of hydrogen-bond acceptors (Lipinski definition) is 2. The molecule has 18 heavy (non-hydrogen) atoms. The number of rotatable bonds is 6. The summed E-state index contributed by atoms with van der Waals surface area (Å²) in [6.07, 6.45) is 2.33. The van der Waals surface area contributed by atoms with Gasteiger partial charge in [0, 0.05) is 10.9 Å². The first-order chi connectivity index (χ1) is 8.34. The van der Waals surface area contributed by atoms with Gasteiger partial charge in [-0.1, -0.05) is 46.2 Å². The molecule has 1 aromatic heterocycles. The molecule has 0 aliphatic heterocycles. The normalized spacial score (nSPS) is 15.7. The van der Waals surface area contributed by atoms with Crippen LogP contribution in [0.5, 0.6) is 0 Å². The molecule has 0 aromatic carbocycles. The second kappa shape index (κ2) is 6.93. The Balaban J connectivity index is 2.73. The quantitative estimate of drug-likeness (QED) is 0.727. The third-order valence-corrected chi connectivity index (χ3v) is 4.99. The Kier molecular flexibility index (Phi) is 6.16. The average Bonchev–Trinajstić information content (AvgIpc) is 2.69. The van der Waals surface area contributed by atoms with E-state index in [1.165, 1.54) is 17.7 Å². The van der Waals surface area contributed by atoms with Crippen LogP contribution in [0.4, 0.5) is 0 Å². The van der Waals surface area contributed by atoms with Crippen molar-refractivity contribution in [3.8, 4) is 0 Å². The highest BCUT2D eigenvalue weighted by Gasteiger charge is 2.24. The van der Waals surface area contributed by atoms with Gasteiger partial charge in [-0.25, -0.2) is 0 Å². The lowest BCUT2D eigenvalue weighted by Gasteiger charge is -2.31. The van der Waals surface area contributed by atoms with Crippen LogP contribution in [-0.2, 0) is 0 Å². The minimum Gasteiger partial charge on any atom is -0.309 e. The molecule has 1 heterocycles. The molecule has 2 unspecified atom stereocenters. The Morgan fingerprint density at radius 3 is 2.44 bits per heavy atom. The van der Waals surface area contributed by atoms with Crippen molar-refractivity contribution in [2.75, 3.05) is 6.54 Å². The Labute approximate surface area is 121 Å². The third kappa shape index (κ3) is 4.91. The Bertz CT molecular complexity index is 354. The lowest BCUT2D eigenvalue weighted by molar-refractivity contribution is 0.224. The SMILES string of the molecule is CCCNC(CC(C)C(C)(C)C)c1ccc(Cl)s1. The molecule has 0 spiro atoms. The molecule has 0 bridgehead atoms. The van der Waals surface area contributed by atoms with Gasteiger partial charge in [0.1, 0.15) is 0 Å². The Morgan fingerprint density at radius 2 is 2.00 bits per heavy atom. The zero-order valence-corrected chi connectivity index (χ0v) is 13.8. The van der Waals surface area contributed by atoms with Gasteiger partial charge in [-0.15, -0.1) is 11.3 Å². The van der Waals surface area contributed by atoms with E-state index >= 15 is 0 Å². The van der Waals surface area contributed by atoms with Gasteiger partial charge >= 0.3 is 0 Å². The number of thiophene rings is 1. The fourth-order valence-corrected chi connectivity index (χ4v) is 2.99. The molecular weight excluding hydrogens is 262 g/mol. The Morgan fingerprint density at radius 1 is 1.33 bits per heavy atom. The van der Waals surface area contributed by atoms with Crippen molar-refractivity contribution < 1.29 is 0 Å². The number of nitrogens with one attached hydrogen (secondary N) is 1. The highest BCUT2D eigenvalue weighted by Crippen LogP contribution is 2.36. The summed E-state index contributed by atoms with van der Waals surface area (Å²) < 4.78 is 0.886. The molecule has 1 aromatic rings. The maximum absolute atomic E-state index is 6.06. The fourth-order valence-electron chi connectivity index (χ4n) is 1.84. The van der Waals surface area contributed by atoms with E-state index in [0.29, 0.717) is 17.4 Å². The van der Waals surface area contributed by atoms with E-state index in [2.05, 4.69) is 46.0 Å². The standard InChI is InChI=1S/C15H26ClNS/c1-6-9-17-12(10-11(2)15(3,4)5)13-7-8-14(16)18-13/h7-8,11-12,17H,6,9-10H2,1-5H3. The van der Waals surface area contributed by atoms with Crippen LogP contribution in [0, 0.1) is 11.3 Å². The summed E-state index contributed by atoms with van der Waals surface area (Å²) in [5, 5.41) is 3.65. The zero-order valence-electron chi connectivity index (χ0n) is 12.2. The van der Waals surface area contributed by atoms with Crippen LogP contribution in [0.15, 0.2) is 12.1 Å². The van der Waals surface area contributed by atoms with Crippen LogP contribution in [0.25, 0.3) is 0 Å². The van der Waals surface area contributed by atoms with Gasteiger partial charge in [0.05, 0.1) is 4.34 Å². The average molecular weight is 288 g/mol. The van der Waals surface area contributed by atoms with Crippen LogP contribution in [0.1, 0.15) is 58.4 Å². The molecule has 0 saturated carbocycles. The molecule has 1 N–H and O–H groups in total. The van der Waals surface area contributed by atoms with E-state index < -0.39 is 0 Å². The van der Waals surface area contributed by atoms with Gasteiger partial charge in [-0.3, -0.25) is 0 Å². The monoisotopic (exact) mass is 287 g/mol. The smallest absolute Gasteiger partial charge is 0.0931 e. The van der Waals surface area contributed by atoms with Crippen molar-refractivity contribution in [2.24, 2.45) is 11.3 Å². The van der Waals surface area contributed by atoms with Crippen LogP contribution >= 0.6 is 22.9 Å². The topological polar surface area (TPSA) is 12.0 Å². The van der Waals surface area contributed by atoms with E-state index in [9.17, 15) is 0 Å². The first-order valence-electron chi connectivity index (χ1n) is 6.83. The van der Waals surface area contributed by atoms with Crippen molar-refractivity contribution in [2.45, 2.75) is 53.5 Å². The maximum Gasteiger partial charge on any atom is 0.0931 e. The van der Waals surface area contributed by atoms with E-state index in [4.69, 9.17) is 11.6 Å². The van der Waals surface area contributed by atoms with Gasteiger partial charge in [0.15, 0.2) is 0 Å². The van der Waals surface area contributed by atoms with E-state index in [1.807, 2.05) is 6.07 Å². The molecule has 0 radical (unpaired) electrons. The van der Waals surface area contributed by atoms with Crippen molar-refractivity contribution in [1.29, 1.82) is 0 Å². The van der Waals surface area contributed by atoms with Gasteiger partial charge in [-0.05, 0) is 42.9 Å². The predicted molar refractivity (Wildman–Crippen MR) is 83.6 cm³/mol. The summed E-state index contributed by atoms with van der Waals surface area (Å²) in [6.45, 7) is 12.6. The molecular formula is C15H26ClNS. The summed E-state index contributed by atoms with van der Waals surface area (Å²) in [7, 11) is 0. The number of hydrogen-bond donors (Lipinski definition) is 1. The lowest BCUT2D eigenvalue weighted by Crippen LogP contribution is -2.27. The van der Waals surface area contributed by atoms with Crippen molar-refractivity contribution in [3.05, 3.63) is 21.3 Å². The molecule has 0 saturated heterocycles. The minimum absolute atomic E-state index is 0.354. The second-order valence-electron chi connectivity index (χ2n) is 6.15. The van der Waals surface area contributed by atoms with E-state index in [1.54, 1.807) is 11.3 Å². The zero-order chi connectivity index (χ0) is 13.8.